The standard InChI is InChI=1S/C25H27N5O3S/c1-2-20-28-29-23(34-20)26-13-19-21(31)27-24(33)30(22(19)32)18-5-3-17(4-6-18)25-10-14-7-15(11-25)9-16(8-14)12-25/h3-6,13-16,32H,2,7-12H2,1H3,(H,27,31,33). The van der Waals surface area contributed by atoms with Gasteiger partial charge in [-0.25, -0.2) is 14.4 Å². The summed E-state index contributed by atoms with van der Waals surface area (Å²) >= 11 is 1.31. The first-order chi connectivity index (χ1) is 16.4. The van der Waals surface area contributed by atoms with Crippen molar-refractivity contribution in [2.24, 2.45) is 22.7 Å². The highest BCUT2D eigenvalue weighted by atomic mass is 32.1. The van der Waals surface area contributed by atoms with Gasteiger partial charge in [-0.2, -0.15) is 0 Å². The number of aromatic amines is 1. The van der Waals surface area contributed by atoms with Crippen molar-refractivity contribution < 1.29 is 5.11 Å². The summed E-state index contributed by atoms with van der Waals surface area (Å²) in [5, 5.41) is 20.0. The number of benzene rings is 1. The fourth-order valence-electron chi connectivity index (χ4n) is 6.88. The number of rotatable bonds is 5. The van der Waals surface area contributed by atoms with Gasteiger partial charge in [-0.05, 0) is 85.8 Å². The van der Waals surface area contributed by atoms with Crippen LogP contribution in [0.4, 0.5) is 5.13 Å². The Kier molecular flexibility index (Phi) is 5.05. The van der Waals surface area contributed by atoms with Crippen LogP contribution in [-0.4, -0.2) is 31.1 Å². The molecule has 2 heterocycles. The van der Waals surface area contributed by atoms with E-state index in [9.17, 15) is 14.7 Å². The number of hydrogen-bond donors (Lipinski definition) is 2. The van der Waals surface area contributed by atoms with Gasteiger partial charge in [-0.1, -0.05) is 30.4 Å². The second-order valence-electron chi connectivity index (χ2n) is 10.2. The second kappa shape index (κ2) is 8.01. The smallest absolute Gasteiger partial charge is 0.335 e. The van der Waals surface area contributed by atoms with E-state index in [1.54, 1.807) is 0 Å². The van der Waals surface area contributed by atoms with Crippen LogP contribution in [0.1, 0.15) is 61.6 Å². The Hall–Kier alpha value is -3.07. The molecule has 176 valence electrons. The van der Waals surface area contributed by atoms with Crippen LogP contribution in [0.15, 0.2) is 38.8 Å². The minimum Gasteiger partial charge on any atom is -0.493 e. The Bertz CT molecular complexity index is 1350. The Morgan fingerprint density at radius 3 is 2.35 bits per heavy atom. The van der Waals surface area contributed by atoms with Gasteiger partial charge in [-0.3, -0.25) is 9.78 Å². The van der Waals surface area contributed by atoms with Crippen LogP contribution in [0.3, 0.4) is 0 Å². The molecule has 0 saturated heterocycles. The zero-order valence-electron chi connectivity index (χ0n) is 19.0. The zero-order valence-corrected chi connectivity index (χ0v) is 19.8. The molecule has 34 heavy (non-hydrogen) atoms. The Balaban J connectivity index is 1.33. The highest BCUT2D eigenvalue weighted by molar-refractivity contribution is 7.14. The number of H-pyrrole nitrogens is 1. The molecule has 2 aromatic heterocycles. The normalized spacial score (nSPS) is 27.6. The molecule has 0 amide bonds. The van der Waals surface area contributed by atoms with E-state index < -0.39 is 17.1 Å². The molecule has 7 rings (SSSR count). The highest BCUT2D eigenvalue weighted by Crippen LogP contribution is 2.60. The minimum absolute atomic E-state index is 0.0991. The summed E-state index contributed by atoms with van der Waals surface area (Å²) < 4.78 is 1.11. The summed E-state index contributed by atoms with van der Waals surface area (Å²) in [6, 6.07) is 7.93. The van der Waals surface area contributed by atoms with Gasteiger partial charge < -0.3 is 5.11 Å². The van der Waals surface area contributed by atoms with Crippen molar-refractivity contribution in [3.63, 3.8) is 0 Å². The Morgan fingerprint density at radius 1 is 1.12 bits per heavy atom. The fraction of sp³-hybridized carbons (Fsp3) is 0.480. The first-order valence-corrected chi connectivity index (χ1v) is 12.8. The third kappa shape index (κ3) is 3.53. The van der Waals surface area contributed by atoms with E-state index in [1.165, 1.54) is 61.6 Å². The number of nitrogens with zero attached hydrogens (tertiary/aromatic N) is 4. The predicted molar refractivity (Wildman–Crippen MR) is 131 cm³/mol. The van der Waals surface area contributed by atoms with Crippen molar-refractivity contribution in [3.05, 3.63) is 61.2 Å². The maximum absolute atomic E-state index is 12.6. The van der Waals surface area contributed by atoms with Gasteiger partial charge in [0.05, 0.1) is 5.69 Å². The molecule has 2 N–H and O–H groups in total. The molecule has 0 radical (unpaired) electrons. The van der Waals surface area contributed by atoms with Crippen LogP contribution in [-0.2, 0) is 11.8 Å². The summed E-state index contributed by atoms with van der Waals surface area (Å²) in [5.74, 6) is 2.10. The molecule has 0 aliphatic heterocycles. The number of hydrogen-bond acceptors (Lipinski definition) is 7. The van der Waals surface area contributed by atoms with Crippen molar-refractivity contribution >= 4 is 22.7 Å². The molecule has 0 atom stereocenters. The van der Waals surface area contributed by atoms with Crippen molar-refractivity contribution in [1.29, 1.82) is 0 Å². The monoisotopic (exact) mass is 477 g/mol. The average Bonchev–Trinajstić information content (AvgIpc) is 3.26. The lowest BCUT2D eigenvalue weighted by molar-refractivity contribution is -0.00518. The summed E-state index contributed by atoms with van der Waals surface area (Å²) in [6.07, 6.45) is 9.91. The van der Waals surface area contributed by atoms with Gasteiger partial charge in [0, 0.05) is 6.21 Å². The van der Waals surface area contributed by atoms with Crippen molar-refractivity contribution in [2.75, 3.05) is 0 Å². The molecular formula is C25H27N5O3S. The molecule has 4 saturated carbocycles. The van der Waals surface area contributed by atoms with E-state index >= 15 is 0 Å². The van der Waals surface area contributed by atoms with Gasteiger partial charge in [0.25, 0.3) is 5.56 Å². The van der Waals surface area contributed by atoms with Gasteiger partial charge >= 0.3 is 5.69 Å². The predicted octanol–water partition coefficient (Wildman–Crippen LogP) is 3.86. The lowest BCUT2D eigenvalue weighted by Gasteiger charge is -2.57. The van der Waals surface area contributed by atoms with E-state index in [4.69, 9.17) is 0 Å². The number of aryl methyl sites for hydroxylation is 1. The van der Waals surface area contributed by atoms with Crippen LogP contribution in [0.25, 0.3) is 5.69 Å². The zero-order chi connectivity index (χ0) is 23.4. The van der Waals surface area contributed by atoms with E-state index in [1.807, 2.05) is 19.1 Å². The van der Waals surface area contributed by atoms with Crippen LogP contribution in [0.5, 0.6) is 5.88 Å². The number of nitrogens with one attached hydrogen (secondary N) is 1. The van der Waals surface area contributed by atoms with E-state index in [2.05, 4.69) is 32.3 Å². The fourth-order valence-corrected chi connectivity index (χ4v) is 7.51. The molecule has 4 aliphatic carbocycles. The molecule has 8 nitrogen and oxygen atoms in total. The molecule has 4 fully saturated rings. The number of aromatic hydroxyl groups is 1. The third-order valence-corrected chi connectivity index (χ3v) is 8.94. The van der Waals surface area contributed by atoms with Crippen LogP contribution in [0.2, 0.25) is 0 Å². The average molecular weight is 478 g/mol. The first-order valence-electron chi connectivity index (χ1n) is 12.0. The largest absolute Gasteiger partial charge is 0.493 e. The summed E-state index contributed by atoms with van der Waals surface area (Å²) in [5.41, 5.74) is 0.600. The van der Waals surface area contributed by atoms with Crippen molar-refractivity contribution in [1.82, 2.24) is 19.7 Å². The van der Waals surface area contributed by atoms with E-state index in [0.29, 0.717) is 10.8 Å². The maximum Gasteiger partial charge on any atom is 0.335 e. The summed E-state index contributed by atoms with van der Waals surface area (Å²) in [4.78, 5) is 31.5. The summed E-state index contributed by atoms with van der Waals surface area (Å²) in [6.45, 7) is 1.97. The lowest BCUT2D eigenvalue weighted by atomic mass is 9.48. The molecule has 4 bridgehead atoms. The maximum atomic E-state index is 12.6. The Morgan fingerprint density at radius 2 is 1.76 bits per heavy atom. The molecule has 1 aromatic carbocycles. The Labute approximate surface area is 200 Å². The molecule has 4 aliphatic rings. The van der Waals surface area contributed by atoms with Crippen molar-refractivity contribution in [2.45, 2.75) is 57.3 Å². The molecule has 0 spiro atoms. The first kappa shape index (κ1) is 21.5. The SMILES string of the molecule is CCc1nnc(N=Cc2c(O)n(-c3ccc(C45CC6CC(CC(C6)C4)C5)cc3)c(=O)[nH]c2=O)s1. The molecule has 3 aromatic rings. The quantitative estimate of drug-likeness (QED) is 0.542. The molecular weight excluding hydrogens is 450 g/mol. The number of aliphatic imine (C=N–C) groups is 1. The molecule has 9 heteroatoms. The van der Waals surface area contributed by atoms with Gasteiger partial charge in [-0.15, -0.1) is 10.2 Å². The van der Waals surface area contributed by atoms with Crippen molar-refractivity contribution in [3.8, 4) is 11.6 Å². The van der Waals surface area contributed by atoms with Gasteiger partial charge in [0.15, 0.2) is 0 Å². The summed E-state index contributed by atoms with van der Waals surface area (Å²) in [7, 11) is 0. The van der Waals surface area contributed by atoms with Gasteiger partial charge in [0.1, 0.15) is 10.6 Å². The highest BCUT2D eigenvalue weighted by Gasteiger charge is 2.51. The number of aromatic nitrogens is 4. The topological polar surface area (TPSA) is 113 Å². The van der Waals surface area contributed by atoms with Gasteiger partial charge in [0.2, 0.25) is 11.0 Å². The van der Waals surface area contributed by atoms with Crippen LogP contribution >= 0.6 is 11.3 Å². The van der Waals surface area contributed by atoms with E-state index in [-0.39, 0.29) is 11.0 Å². The van der Waals surface area contributed by atoms with E-state index in [0.717, 1.165) is 33.7 Å². The lowest BCUT2D eigenvalue weighted by Crippen LogP contribution is -2.48. The minimum atomic E-state index is -0.701. The second-order valence-corrected chi connectivity index (χ2v) is 11.2. The molecule has 0 unspecified atom stereocenters. The third-order valence-electron chi connectivity index (χ3n) is 7.96. The van der Waals surface area contributed by atoms with Crippen LogP contribution in [0, 0.1) is 17.8 Å². The van der Waals surface area contributed by atoms with Crippen LogP contribution < -0.4 is 11.2 Å².